The summed E-state index contributed by atoms with van der Waals surface area (Å²) in [5, 5.41) is 0. The van der Waals surface area contributed by atoms with Gasteiger partial charge in [-0.25, -0.2) is 0 Å². The Morgan fingerprint density at radius 2 is 1.90 bits per heavy atom. The molecule has 0 aromatic heterocycles. The first-order valence-corrected chi connectivity index (χ1v) is 5.09. The van der Waals surface area contributed by atoms with E-state index in [-0.39, 0.29) is 0 Å². The minimum atomic E-state index is 0.798. The van der Waals surface area contributed by atoms with Gasteiger partial charge in [0.15, 0.2) is 0 Å². The lowest BCUT2D eigenvalue weighted by Gasteiger charge is -2.12. The highest BCUT2D eigenvalue weighted by Gasteiger charge is 2.03. The third-order valence-corrected chi connectivity index (χ3v) is 2.10. The molecule has 3 atom stereocenters. The molecule has 0 radical (unpaired) electrons. The molecule has 0 aromatic carbocycles. The Morgan fingerprint density at radius 1 is 1.30 bits per heavy atom. The highest BCUT2D eigenvalue weighted by Crippen LogP contribution is 2.17. The maximum atomic E-state index is 2.87. The summed E-state index contributed by atoms with van der Waals surface area (Å²) in [6.45, 7) is 6.89. The predicted molar refractivity (Wildman–Crippen MR) is 52.5 cm³/mol. The zero-order valence-electron chi connectivity index (χ0n) is 7.56. The summed E-state index contributed by atoms with van der Waals surface area (Å²) in [7, 11) is 2.87. The van der Waals surface area contributed by atoms with Gasteiger partial charge in [0.05, 0.1) is 0 Å². The molecule has 0 nitrogen and oxygen atoms in total. The topological polar surface area (TPSA) is 0 Å². The van der Waals surface area contributed by atoms with Crippen molar-refractivity contribution in [1.82, 2.24) is 0 Å². The van der Waals surface area contributed by atoms with Gasteiger partial charge in [-0.3, -0.25) is 0 Å². The summed E-state index contributed by atoms with van der Waals surface area (Å²) in [4.78, 5) is 0. The molecule has 0 amide bonds. The van der Waals surface area contributed by atoms with Crippen LogP contribution in [0, 0.1) is 5.92 Å². The van der Waals surface area contributed by atoms with Crippen LogP contribution in [-0.4, -0.2) is 5.66 Å². The number of hydrogen-bond donors (Lipinski definition) is 0. The molecule has 0 heterocycles. The summed E-state index contributed by atoms with van der Waals surface area (Å²) >= 11 is 0. The van der Waals surface area contributed by atoms with Gasteiger partial charge >= 0.3 is 0 Å². The number of unbranched alkanes of at least 4 members (excludes halogenated alkanes) is 1. The summed E-state index contributed by atoms with van der Waals surface area (Å²) in [6, 6.07) is 0. The zero-order chi connectivity index (χ0) is 7.98. The Morgan fingerprint density at radius 3 is 2.30 bits per heavy atom. The van der Waals surface area contributed by atoms with E-state index in [1.807, 2.05) is 0 Å². The van der Waals surface area contributed by atoms with E-state index in [2.05, 4.69) is 30.0 Å². The molecule has 0 rings (SSSR count). The molecule has 0 spiro atoms. The quantitative estimate of drug-likeness (QED) is 0.540. The molecular weight excluding hydrogens is 139 g/mol. The van der Waals surface area contributed by atoms with E-state index in [0.29, 0.717) is 0 Å². The van der Waals surface area contributed by atoms with Crippen LogP contribution in [0.2, 0.25) is 0 Å². The summed E-state index contributed by atoms with van der Waals surface area (Å²) in [5.74, 6) is 0.924. The van der Waals surface area contributed by atoms with Crippen molar-refractivity contribution < 1.29 is 0 Å². The fourth-order valence-electron chi connectivity index (χ4n) is 1.31. The second-order valence-electron chi connectivity index (χ2n) is 3.46. The van der Waals surface area contributed by atoms with E-state index in [0.717, 1.165) is 11.6 Å². The van der Waals surface area contributed by atoms with Gasteiger partial charge in [0.1, 0.15) is 0 Å². The Hall–Kier alpha value is 0.430. The number of rotatable bonds is 5. The van der Waals surface area contributed by atoms with E-state index < -0.39 is 0 Å². The standard InChI is InChI=1S/C9H21P/c1-4-5-6-8(2)7-9(3)10/h8-9H,4-7,10H2,1-3H3. The monoisotopic (exact) mass is 160 g/mol. The van der Waals surface area contributed by atoms with Crippen LogP contribution in [-0.2, 0) is 0 Å². The molecule has 3 unspecified atom stereocenters. The SMILES string of the molecule is CCCCC(C)CC(C)P. The van der Waals surface area contributed by atoms with E-state index >= 15 is 0 Å². The Balaban J connectivity index is 3.16. The smallest absolute Gasteiger partial charge is 0.0290 e. The van der Waals surface area contributed by atoms with Crippen LogP contribution in [0.4, 0.5) is 0 Å². The van der Waals surface area contributed by atoms with Gasteiger partial charge in [-0.1, -0.05) is 40.0 Å². The lowest BCUT2D eigenvalue weighted by atomic mass is 9.99. The van der Waals surface area contributed by atoms with E-state index in [1.54, 1.807) is 0 Å². The molecule has 10 heavy (non-hydrogen) atoms. The molecule has 0 aliphatic carbocycles. The lowest BCUT2D eigenvalue weighted by molar-refractivity contribution is 0.471. The molecule has 0 saturated heterocycles. The Labute approximate surface area is 68.0 Å². The first-order valence-electron chi connectivity index (χ1n) is 4.42. The van der Waals surface area contributed by atoms with E-state index in [4.69, 9.17) is 0 Å². The van der Waals surface area contributed by atoms with Gasteiger partial charge < -0.3 is 0 Å². The Bertz CT molecular complexity index is 69.1. The first-order chi connectivity index (χ1) is 4.66. The van der Waals surface area contributed by atoms with Crippen molar-refractivity contribution in [1.29, 1.82) is 0 Å². The second-order valence-corrected chi connectivity index (χ2v) is 4.60. The van der Waals surface area contributed by atoms with Crippen LogP contribution in [0.3, 0.4) is 0 Å². The second kappa shape index (κ2) is 6.16. The largest absolute Gasteiger partial charge is 0.135 e. The molecule has 0 N–H and O–H groups in total. The van der Waals surface area contributed by atoms with Gasteiger partial charge in [-0.2, -0.15) is 0 Å². The Kier molecular flexibility index (Phi) is 6.43. The first kappa shape index (κ1) is 10.4. The van der Waals surface area contributed by atoms with Gasteiger partial charge in [0.2, 0.25) is 0 Å². The maximum Gasteiger partial charge on any atom is -0.0290 e. The molecule has 0 aliphatic rings. The maximum absolute atomic E-state index is 2.87. The van der Waals surface area contributed by atoms with Crippen molar-refractivity contribution in [2.75, 3.05) is 0 Å². The summed E-state index contributed by atoms with van der Waals surface area (Å²) in [6.07, 6.45) is 5.52. The van der Waals surface area contributed by atoms with Crippen molar-refractivity contribution in [3.05, 3.63) is 0 Å². The highest BCUT2D eigenvalue weighted by atomic mass is 31.0. The normalized spacial score (nSPS) is 16.8. The van der Waals surface area contributed by atoms with Crippen LogP contribution in [0.1, 0.15) is 46.5 Å². The predicted octanol–water partition coefficient (Wildman–Crippen LogP) is 3.47. The van der Waals surface area contributed by atoms with Crippen molar-refractivity contribution in [2.45, 2.75) is 52.1 Å². The summed E-state index contributed by atoms with van der Waals surface area (Å²) < 4.78 is 0. The molecule has 0 fully saturated rings. The van der Waals surface area contributed by atoms with Gasteiger partial charge in [0.25, 0.3) is 0 Å². The van der Waals surface area contributed by atoms with Gasteiger partial charge in [0, 0.05) is 0 Å². The third kappa shape index (κ3) is 6.55. The lowest BCUT2D eigenvalue weighted by Crippen LogP contribution is -2.01. The minimum absolute atomic E-state index is 0.798. The minimum Gasteiger partial charge on any atom is -0.135 e. The van der Waals surface area contributed by atoms with Crippen LogP contribution in [0.15, 0.2) is 0 Å². The van der Waals surface area contributed by atoms with Crippen molar-refractivity contribution in [3.8, 4) is 0 Å². The molecule has 0 saturated carbocycles. The average Bonchev–Trinajstić information content (AvgIpc) is 1.82. The average molecular weight is 160 g/mol. The van der Waals surface area contributed by atoms with Gasteiger partial charge in [-0.05, 0) is 18.0 Å². The van der Waals surface area contributed by atoms with Crippen molar-refractivity contribution >= 4 is 9.24 Å². The van der Waals surface area contributed by atoms with Crippen LogP contribution in [0.25, 0.3) is 0 Å². The van der Waals surface area contributed by atoms with Crippen LogP contribution < -0.4 is 0 Å². The fourth-order valence-corrected chi connectivity index (χ4v) is 1.77. The van der Waals surface area contributed by atoms with Crippen LogP contribution in [0.5, 0.6) is 0 Å². The van der Waals surface area contributed by atoms with Crippen molar-refractivity contribution in [2.24, 2.45) is 5.92 Å². The molecule has 0 bridgehead atoms. The zero-order valence-corrected chi connectivity index (χ0v) is 8.72. The molecule has 0 aliphatic heterocycles. The fraction of sp³-hybridized carbons (Fsp3) is 1.00. The number of hydrogen-bond acceptors (Lipinski definition) is 0. The van der Waals surface area contributed by atoms with E-state index in [1.165, 1.54) is 25.7 Å². The van der Waals surface area contributed by atoms with E-state index in [9.17, 15) is 0 Å². The van der Waals surface area contributed by atoms with Gasteiger partial charge in [-0.15, -0.1) is 9.24 Å². The molecular formula is C9H21P. The van der Waals surface area contributed by atoms with Crippen molar-refractivity contribution in [3.63, 3.8) is 0 Å². The third-order valence-electron chi connectivity index (χ3n) is 1.82. The highest BCUT2D eigenvalue weighted by molar-refractivity contribution is 7.17. The summed E-state index contributed by atoms with van der Waals surface area (Å²) in [5.41, 5.74) is 0.798. The van der Waals surface area contributed by atoms with Crippen LogP contribution >= 0.6 is 9.24 Å². The molecule has 0 aromatic rings. The molecule has 62 valence electrons. The molecule has 1 heteroatoms.